The molecular weight excluding hydrogens is 311 g/mol. The first-order valence-corrected chi connectivity index (χ1v) is 6.94. The van der Waals surface area contributed by atoms with Crippen LogP contribution in [0.5, 0.6) is 0 Å². The third-order valence-corrected chi connectivity index (χ3v) is 3.42. The Labute approximate surface area is 119 Å². The van der Waals surface area contributed by atoms with Crippen LogP contribution in [0.4, 0.5) is 18.9 Å². The summed E-state index contributed by atoms with van der Waals surface area (Å²) in [6, 6.07) is 4.56. The number of hydrogen-bond acceptors (Lipinski definition) is 5. The third-order valence-electron chi connectivity index (χ3n) is 2.33. The Morgan fingerprint density at radius 1 is 1.43 bits per heavy atom. The summed E-state index contributed by atoms with van der Waals surface area (Å²) in [5.74, 6) is -1.68. The van der Waals surface area contributed by atoms with E-state index in [0.29, 0.717) is 16.8 Å². The molecule has 6 nitrogen and oxygen atoms in total. The maximum absolute atomic E-state index is 11.9. The number of alkyl halides is 3. The van der Waals surface area contributed by atoms with Gasteiger partial charge >= 0.3 is 6.18 Å². The van der Waals surface area contributed by atoms with Crippen LogP contribution in [0, 0.1) is 0 Å². The zero-order valence-corrected chi connectivity index (χ0v) is 11.3. The number of carbonyl (C=O) groups excluding carboxylic acids is 1. The van der Waals surface area contributed by atoms with E-state index < -0.39 is 35.2 Å². The van der Waals surface area contributed by atoms with Gasteiger partial charge in [0.1, 0.15) is 28.6 Å². The second-order valence-electron chi connectivity index (χ2n) is 4.09. The summed E-state index contributed by atoms with van der Waals surface area (Å²) in [6.45, 7) is -1.48. The fraction of sp³-hybridized carbons (Fsp3) is 0.273. The molecular formula is C11H10F3N3O3S. The van der Waals surface area contributed by atoms with Crippen LogP contribution in [0.1, 0.15) is 0 Å². The van der Waals surface area contributed by atoms with Crippen molar-refractivity contribution < 1.29 is 26.6 Å². The van der Waals surface area contributed by atoms with Gasteiger partial charge in [-0.25, -0.2) is 9.19 Å². The highest BCUT2D eigenvalue weighted by molar-refractivity contribution is 7.85. The van der Waals surface area contributed by atoms with E-state index in [1.165, 1.54) is 12.1 Å². The van der Waals surface area contributed by atoms with Crippen LogP contribution >= 0.6 is 0 Å². The first kappa shape index (κ1) is 15.3. The number of oxazole rings is 1. The number of nitrogen functional groups attached to an aromatic ring is 1. The van der Waals surface area contributed by atoms with Gasteiger partial charge in [-0.1, -0.05) is 0 Å². The highest BCUT2D eigenvalue weighted by Gasteiger charge is 2.28. The second kappa shape index (κ2) is 5.72. The maximum Gasteiger partial charge on any atom is 0.405 e. The first-order chi connectivity index (χ1) is 9.74. The quantitative estimate of drug-likeness (QED) is 0.825. The number of anilines is 1. The molecule has 0 radical (unpaired) electrons. The van der Waals surface area contributed by atoms with E-state index in [2.05, 4.69) is 4.98 Å². The number of carbonyl (C=O) groups is 1. The highest BCUT2D eigenvalue weighted by atomic mass is 32.2. The fourth-order valence-corrected chi connectivity index (χ4v) is 2.30. The molecule has 10 heteroatoms. The SMILES string of the molecule is Nc1ccc2oc(S(=O)CC(=O)NCC(F)(F)F)nc2c1. The van der Waals surface area contributed by atoms with Crippen LogP contribution in [0.25, 0.3) is 11.1 Å². The Kier molecular flexibility index (Phi) is 4.16. The van der Waals surface area contributed by atoms with Crippen LogP contribution in [0.2, 0.25) is 0 Å². The number of amides is 1. The molecule has 0 saturated heterocycles. The fourth-order valence-electron chi connectivity index (χ4n) is 1.45. The molecule has 1 unspecified atom stereocenters. The van der Waals surface area contributed by atoms with Gasteiger partial charge in [-0.3, -0.25) is 4.79 Å². The summed E-state index contributed by atoms with van der Waals surface area (Å²) in [6.07, 6.45) is -4.52. The van der Waals surface area contributed by atoms with Crippen molar-refractivity contribution in [3.05, 3.63) is 18.2 Å². The van der Waals surface area contributed by atoms with Gasteiger partial charge in [0.15, 0.2) is 5.58 Å². The van der Waals surface area contributed by atoms with Gasteiger partial charge in [-0.15, -0.1) is 0 Å². The Bertz CT molecular complexity index is 699. The molecule has 0 fully saturated rings. The van der Waals surface area contributed by atoms with Crippen LogP contribution < -0.4 is 11.1 Å². The number of benzene rings is 1. The van der Waals surface area contributed by atoms with Gasteiger partial charge in [0, 0.05) is 5.69 Å². The van der Waals surface area contributed by atoms with Crippen molar-refractivity contribution in [1.82, 2.24) is 10.3 Å². The van der Waals surface area contributed by atoms with E-state index in [1.807, 2.05) is 0 Å². The minimum Gasteiger partial charge on any atom is -0.430 e. The zero-order chi connectivity index (χ0) is 15.6. The average Bonchev–Trinajstić information content (AvgIpc) is 2.78. The van der Waals surface area contributed by atoms with E-state index in [9.17, 15) is 22.2 Å². The predicted molar refractivity (Wildman–Crippen MR) is 68.8 cm³/mol. The highest BCUT2D eigenvalue weighted by Crippen LogP contribution is 2.20. The lowest BCUT2D eigenvalue weighted by Gasteiger charge is -2.07. The lowest BCUT2D eigenvalue weighted by molar-refractivity contribution is -0.136. The molecule has 2 aromatic rings. The van der Waals surface area contributed by atoms with Gasteiger partial charge in [-0.2, -0.15) is 13.2 Å². The number of halogens is 3. The Morgan fingerprint density at radius 2 is 2.14 bits per heavy atom. The normalized spacial score (nSPS) is 13.3. The lowest BCUT2D eigenvalue weighted by atomic mass is 10.3. The van der Waals surface area contributed by atoms with Gasteiger partial charge in [0.2, 0.25) is 5.91 Å². The van der Waals surface area contributed by atoms with Crippen molar-refractivity contribution in [2.24, 2.45) is 0 Å². The zero-order valence-electron chi connectivity index (χ0n) is 10.4. The van der Waals surface area contributed by atoms with Gasteiger partial charge in [0.25, 0.3) is 5.22 Å². The molecule has 0 spiro atoms. The Morgan fingerprint density at radius 3 is 2.81 bits per heavy atom. The minimum atomic E-state index is -4.52. The topological polar surface area (TPSA) is 98.2 Å². The molecule has 0 aliphatic heterocycles. The van der Waals surface area contributed by atoms with E-state index in [1.54, 1.807) is 11.4 Å². The molecule has 0 bridgehead atoms. The van der Waals surface area contributed by atoms with Crippen molar-refractivity contribution in [1.29, 1.82) is 0 Å². The molecule has 1 aromatic heterocycles. The van der Waals surface area contributed by atoms with E-state index in [-0.39, 0.29) is 5.22 Å². The van der Waals surface area contributed by atoms with E-state index in [0.717, 1.165) is 0 Å². The third kappa shape index (κ3) is 4.18. The molecule has 1 aromatic carbocycles. The van der Waals surface area contributed by atoms with Crippen molar-refractivity contribution >= 4 is 33.5 Å². The Hall–Kier alpha value is -2.10. The van der Waals surface area contributed by atoms with Crippen molar-refractivity contribution in [3.8, 4) is 0 Å². The lowest BCUT2D eigenvalue weighted by Crippen LogP contribution is -2.36. The number of aromatic nitrogens is 1. The maximum atomic E-state index is 11.9. The smallest absolute Gasteiger partial charge is 0.405 e. The summed E-state index contributed by atoms with van der Waals surface area (Å²) >= 11 is 0. The summed E-state index contributed by atoms with van der Waals surface area (Å²) < 4.78 is 52.7. The molecule has 0 aliphatic carbocycles. The van der Waals surface area contributed by atoms with Gasteiger partial charge in [0.05, 0.1) is 0 Å². The second-order valence-corrected chi connectivity index (χ2v) is 5.42. The van der Waals surface area contributed by atoms with Crippen LogP contribution in [-0.4, -0.2) is 33.6 Å². The molecule has 1 heterocycles. The number of hydrogen-bond donors (Lipinski definition) is 2. The molecule has 3 N–H and O–H groups in total. The molecule has 1 atom stereocenters. The number of nitrogens with two attached hydrogens (primary N) is 1. The van der Waals surface area contributed by atoms with E-state index >= 15 is 0 Å². The number of nitrogens with one attached hydrogen (secondary N) is 1. The van der Waals surface area contributed by atoms with Crippen LogP contribution in [-0.2, 0) is 15.6 Å². The molecule has 0 saturated carbocycles. The van der Waals surface area contributed by atoms with Gasteiger partial charge in [-0.05, 0) is 18.2 Å². The summed E-state index contributed by atoms with van der Waals surface area (Å²) in [5.41, 5.74) is 6.65. The number of nitrogens with zero attached hydrogens (tertiary/aromatic N) is 1. The van der Waals surface area contributed by atoms with Crippen LogP contribution in [0.3, 0.4) is 0 Å². The van der Waals surface area contributed by atoms with Gasteiger partial charge < -0.3 is 15.5 Å². The molecule has 1 amide bonds. The average molecular weight is 321 g/mol. The number of rotatable bonds is 4. The Balaban J connectivity index is 2.03. The molecule has 114 valence electrons. The standard InChI is InChI=1S/C11H10F3N3O3S/c12-11(13,14)5-16-9(18)4-21(19)10-17-7-3-6(15)1-2-8(7)20-10/h1-3H,4-5,15H2,(H,16,18). The molecule has 2 rings (SSSR count). The molecule has 0 aliphatic rings. The number of fused-ring (bicyclic) bond motifs is 1. The van der Waals surface area contributed by atoms with Crippen molar-refractivity contribution in [3.63, 3.8) is 0 Å². The summed E-state index contributed by atoms with van der Waals surface area (Å²) in [7, 11) is -1.98. The first-order valence-electron chi connectivity index (χ1n) is 5.62. The molecule has 21 heavy (non-hydrogen) atoms. The van der Waals surface area contributed by atoms with Crippen LogP contribution in [0.15, 0.2) is 27.8 Å². The largest absolute Gasteiger partial charge is 0.430 e. The van der Waals surface area contributed by atoms with Crippen molar-refractivity contribution in [2.45, 2.75) is 11.4 Å². The summed E-state index contributed by atoms with van der Waals surface area (Å²) in [4.78, 5) is 15.1. The minimum absolute atomic E-state index is 0.238. The monoisotopic (exact) mass is 321 g/mol. The van der Waals surface area contributed by atoms with E-state index in [4.69, 9.17) is 10.2 Å². The van der Waals surface area contributed by atoms with Crippen molar-refractivity contribution in [2.75, 3.05) is 18.0 Å². The summed E-state index contributed by atoms with van der Waals surface area (Å²) in [5, 5.41) is 1.38. The predicted octanol–water partition coefficient (Wildman–Crippen LogP) is 1.20.